The second kappa shape index (κ2) is 3.96. The first kappa shape index (κ1) is 10.3. The molecule has 0 amide bonds. The lowest BCUT2D eigenvalue weighted by molar-refractivity contribution is 0.536. The maximum absolute atomic E-state index is 6.89. The van der Waals surface area contributed by atoms with Crippen LogP contribution in [0.1, 0.15) is 24.0 Å². The molecule has 0 spiro atoms. The van der Waals surface area contributed by atoms with E-state index >= 15 is 0 Å². The van der Waals surface area contributed by atoms with E-state index in [2.05, 4.69) is 6.58 Å². The first-order chi connectivity index (χ1) is 6.56. The highest BCUT2D eigenvalue weighted by Crippen LogP contribution is 2.23. The van der Waals surface area contributed by atoms with Gasteiger partial charge in [-0.1, -0.05) is 6.58 Å². The van der Waals surface area contributed by atoms with Gasteiger partial charge in [0.2, 0.25) is 0 Å². The molecular weight excluding hydrogens is 176 g/mol. The highest BCUT2D eigenvalue weighted by molar-refractivity contribution is 5.80. The largest absolute Gasteiger partial charge is 0.455 e. The Morgan fingerprint density at radius 2 is 2.29 bits per heavy atom. The van der Waals surface area contributed by atoms with E-state index in [-0.39, 0.29) is 0 Å². The molecular formula is C11H14N2O. The molecule has 0 saturated heterocycles. The molecule has 1 aromatic rings. The summed E-state index contributed by atoms with van der Waals surface area (Å²) in [5.74, 6) is 1.35. The van der Waals surface area contributed by atoms with E-state index < -0.39 is 0 Å². The number of furan rings is 1. The van der Waals surface area contributed by atoms with Gasteiger partial charge in [0.15, 0.2) is 5.76 Å². The van der Waals surface area contributed by atoms with Crippen LogP contribution in [0.5, 0.6) is 0 Å². The van der Waals surface area contributed by atoms with Crippen molar-refractivity contribution in [2.45, 2.75) is 13.8 Å². The van der Waals surface area contributed by atoms with Crippen molar-refractivity contribution in [2.75, 3.05) is 0 Å². The molecule has 14 heavy (non-hydrogen) atoms. The zero-order chi connectivity index (χ0) is 10.7. The van der Waals surface area contributed by atoms with Gasteiger partial charge in [-0.15, -0.1) is 0 Å². The van der Waals surface area contributed by atoms with Crippen LogP contribution in [0.4, 0.5) is 0 Å². The van der Waals surface area contributed by atoms with E-state index in [0.29, 0.717) is 11.5 Å². The number of allylic oxidation sites excluding steroid dienone is 2. The molecule has 0 aliphatic heterocycles. The predicted molar refractivity (Wildman–Crippen MR) is 59.1 cm³/mol. The number of rotatable bonds is 3. The van der Waals surface area contributed by atoms with Crippen LogP contribution < -0.4 is 5.73 Å². The molecule has 0 saturated carbocycles. The molecule has 0 aliphatic rings. The SMILES string of the molecule is C=C(C)c1oc(C(N)=CC=N)cc1C. The van der Waals surface area contributed by atoms with E-state index in [1.54, 1.807) is 0 Å². The summed E-state index contributed by atoms with van der Waals surface area (Å²) in [4.78, 5) is 0. The third-order valence-electron chi connectivity index (χ3n) is 1.85. The predicted octanol–water partition coefficient (Wildman–Crippen LogP) is 2.57. The molecule has 0 aromatic carbocycles. The smallest absolute Gasteiger partial charge is 0.150 e. The van der Waals surface area contributed by atoms with E-state index in [9.17, 15) is 0 Å². The fraction of sp³-hybridized carbons (Fsp3) is 0.182. The average molecular weight is 190 g/mol. The number of hydrogen-bond donors (Lipinski definition) is 2. The highest BCUT2D eigenvalue weighted by Gasteiger charge is 2.09. The molecule has 1 rings (SSSR count). The Bertz CT molecular complexity index is 399. The summed E-state index contributed by atoms with van der Waals surface area (Å²) in [6.07, 6.45) is 2.62. The van der Waals surface area contributed by atoms with Gasteiger partial charge < -0.3 is 15.6 Å². The minimum Gasteiger partial charge on any atom is -0.455 e. The molecule has 74 valence electrons. The van der Waals surface area contributed by atoms with Gasteiger partial charge in [-0.05, 0) is 37.1 Å². The lowest BCUT2D eigenvalue weighted by Crippen LogP contribution is -1.94. The molecule has 3 heteroatoms. The minimum absolute atomic E-state index is 0.454. The Kier molecular flexibility index (Phi) is 2.92. The molecule has 0 radical (unpaired) electrons. The van der Waals surface area contributed by atoms with Gasteiger partial charge in [-0.25, -0.2) is 0 Å². The zero-order valence-corrected chi connectivity index (χ0v) is 8.42. The second-order valence-corrected chi connectivity index (χ2v) is 3.19. The number of hydrogen-bond acceptors (Lipinski definition) is 3. The first-order valence-electron chi connectivity index (χ1n) is 4.29. The summed E-state index contributed by atoms with van der Waals surface area (Å²) < 4.78 is 5.49. The second-order valence-electron chi connectivity index (χ2n) is 3.19. The fourth-order valence-corrected chi connectivity index (χ4v) is 1.22. The van der Waals surface area contributed by atoms with Crippen LogP contribution in [0, 0.1) is 12.3 Å². The lowest BCUT2D eigenvalue weighted by atomic mass is 10.2. The quantitative estimate of drug-likeness (QED) is 0.719. The van der Waals surface area contributed by atoms with Crippen LogP contribution in [0.15, 0.2) is 23.1 Å². The van der Waals surface area contributed by atoms with Crippen LogP contribution in [-0.2, 0) is 0 Å². The molecule has 1 aromatic heterocycles. The van der Waals surface area contributed by atoms with Crippen molar-refractivity contribution in [3.63, 3.8) is 0 Å². The summed E-state index contributed by atoms with van der Waals surface area (Å²) in [7, 11) is 0. The van der Waals surface area contributed by atoms with E-state index in [1.807, 2.05) is 19.9 Å². The zero-order valence-electron chi connectivity index (χ0n) is 8.42. The summed E-state index contributed by atoms with van der Waals surface area (Å²) in [6.45, 7) is 7.63. The molecule has 1 heterocycles. The number of nitrogens with two attached hydrogens (primary N) is 1. The van der Waals surface area contributed by atoms with Gasteiger partial charge in [0.25, 0.3) is 0 Å². The maximum atomic E-state index is 6.89. The third kappa shape index (κ3) is 1.93. The van der Waals surface area contributed by atoms with Crippen LogP contribution >= 0.6 is 0 Å². The van der Waals surface area contributed by atoms with Gasteiger partial charge in [-0.3, -0.25) is 0 Å². The maximum Gasteiger partial charge on any atom is 0.150 e. The molecule has 0 bridgehead atoms. The standard InChI is InChI=1S/C11H14N2O/c1-7(2)11-8(3)6-10(14-11)9(13)4-5-12/h4-6,12H,1,13H2,2-3H3. The summed E-state index contributed by atoms with van der Waals surface area (Å²) >= 11 is 0. The number of nitrogens with one attached hydrogen (secondary N) is 1. The summed E-state index contributed by atoms with van der Waals surface area (Å²) in [6, 6.07) is 1.85. The Hall–Kier alpha value is -1.77. The normalized spacial score (nSPS) is 11.4. The first-order valence-corrected chi connectivity index (χ1v) is 4.29. The van der Waals surface area contributed by atoms with Crippen LogP contribution in [-0.4, -0.2) is 6.21 Å². The van der Waals surface area contributed by atoms with Gasteiger partial charge in [0.1, 0.15) is 5.76 Å². The molecule has 3 nitrogen and oxygen atoms in total. The Balaban J connectivity index is 3.14. The van der Waals surface area contributed by atoms with Crippen molar-refractivity contribution in [1.29, 1.82) is 5.41 Å². The Labute approximate surface area is 83.4 Å². The van der Waals surface area contributed by atoms with E-state index in [0.717, 1.165) is 23.1 Å². The molecule has 0 aliphatic carbocycles. The van der Waals surface area contributed by atoms with Gasteiger partial charge in [-0.2, -0.15) is 0 Å². The van der Waals surface area contributed by atoms with Crippen molar-refractivity contribution in [3.8, 4) is 0 Å². The molecule has 0 unspecified atom stereocenters. The lowest BCUT2D eigenvalue weighted by Gasteiger charge is -1.95. The van der Waals surface area contributed by atoms with Crippen LogP contribution in [0.25, 0.3) is 11.3 Å². The van der Waals surface area contributed by atoms with Gasteiger partial charge >= 0.3 is 0 Å². The van der Waals surface area contributed by atoms with Gasteiger partial charge in [0, 0.05) is 6.21 Å². The van der Waals surface area contributed by atoms with Crippen molar-refractivity contribution in [3.05, 3.63) is 35.8 Å². The van der Waals surface area contributed by atoms with Crippen molar-refractivity contribution in [1.82, 2.24) is 0 Å². The third-order valence-corrected chi connectivity index (χ3v) is 1.85. The average Bonchev–Trinajstić information content (AvgIpc) is 2.48. The van der Waals surface area contributed by atoms with E-state index in [1.165, 1.54) is 6.08 Å². The molecule has 0 fully saturated rings. The fourth-order valence-electron chi connectivity index (χ4n) is 1.22. The number of aryl methyl sites for hydroxylation is 1. The van der Waals surface area contributed by atoms with Crippen molar-refractivity contribution < 1.29 is 4.42 Å². The Morgan fingerprint density at radius 1 is 1.64 bits per heavy atom. The molecule has 0 atom stereocenters. The minimum atomic E-state index is 0.454. The van der Waals surface area contributed by atoms with Crippen LogP contribution in [0.3, 0.4) is 0 Å². The summed E-state index contributed by atoms with van der Waals surface area (Å²) in [5, 5.41) is 6.89. The highest BCUT2D eigenvalue weighted by atomic mass is 16.3. The van der Waals surface area contributed by atoms with Crippen LogP contribution in [0.2, 0.25) is 0 Å². The monoisotopic (exact) mass is 190 g/mol. The molecule has 3 N–H and O–H groups in total. The topological polar surface area (TPSA) is 63.0 Å². The van der Waals surface area contributed by atoms with Crippen molar-refractivity contribution >= 4 is 17.5 Å². The summed E-state index contributed by atoms with van der Waals surface area (Å²) in [5.41, 5.74) is 8.01. The van der Waals surface area contributed by atoms with Crippen molar-refractivity contribution in [2.24, 2.45) is 5.73 Å². The van der Waals surface area contributed by atoms with Gasteiger partial charge in [0.05, 0.1) is 5.70 Å². The van der Waals surface area contributed by atoms with E-state index in [4.69, 9.17) is 15.6 Å². The Morgan fingerprint density at radius 3 is 2.71 bits per heavy atom.